The molecule has 0 spiro atoms. The van der Waals surface area contributed by atoms with Gasteiger partial charge in [0.15, 0.2) is 5.82 Å². The van der Waals surface area contributed by atoms with Gasteiger partial charge in [0.1, 0.15) is 28.2 Å². The Hall–Kier alpha value is -5.42. The molecular formula is C33H28N8O2S. The van der Waals surface area contributed by atoms with Crippen LogP contribution in [0.4, 0.5) is 5.69 Å². The number of pyridine rings is 1. The van der Waals surface area contributed by atoms with E-state index in [-0.39, 0.29) is 12.3 Å². The Bertz CT molecular complexity index is 2090. The van der Waals surface area contributed by atoms with Gasteiger partial charge in [0.05, 0.1) is 12.1 Å². The Morgan fingerprint density at radius 2 is 1.75 bits per heavy atom. The second kappa shape index (κ2) is 10.7. The third-order valence-electron chi connectivity index (χ3n) is 7.84. The summed E-state index contributed by atoms with van der Waals surface area (Å²) in [6, 6.07) is 20.9. The summed E-state index contributed by atoms with van der Waals surface area (Å²) >= 11 is 1.66. The van der Waals surface area contributed by atoms with Crippen molar-refractivity contribution in [1.82, 2.24) is 24.1 Å². The van der Waals surface area contributed by atoms with Crippen LogP contribution in [-0.2, 0) is 4.79 Å². The number of nitrogens with one attached hydrogen (secondary N) is 1. The van der Waals surface area contributed by atoms with Crippen molar-refractivity contribution in [2.45, 2.75) is 33.2 Å². The van der Waals surface area contributed by atoms with Gasteiger partial charge >= 0.3 is 0 Å². The number of fused-ring (bicyclic) bond motifs is 4. The van der Waals surface area contributed by atoms with Gasteiger partial charge in [-0.05, 0) is 61.7 Å². The molecule has 10 nitrogen and oxygen atoms in total. The van der Waals surface area contributed by atoms with Crippen LogP contribution < -0.4 is 11.1 Å². The van der Waals surface area contributed by atoms with Gasteiger partial charge in [0.25, 0.3) is 5.91 Å². The van der Waals surface area contributed by atoms with Gasteiger partial charge in [-0.1, -0.05) is 42.5 Å². The van der Waals surface area contributed by atoms with E-state index < -0.39 is 11.9 Å². The van der Waals surface area contributed by atoms with E-state index in [4.69, 9.17) is 10.7 Å². The minimum Gasteiger partial charge on any atom is -0.370 e. The molecule has 2 amide bonds. The first kappa shape index (κ1) is 27.4. The van der Waals surface area contributed by atoms with Crippen LogP contribution in [-0.4, -0.2) is 41.7 Å². The molecule has 1 atom stereocenters. The Morgan fingerprint density at radius 3 is 2.52 bits per heavy atom. The van der Waals surface area contributed by atoms with E-state index in [9.17, 15) is 9.59 Å². The van der Waals surface area contributed by atoms with Crippen LogP contribution in [0.2, 0.25) is 0 Å². The smallest absolute Gasteiger partial charge is 0.275 e. The summed E-state index contributed by atoms with van der Waals surface area (Å²) in [7, 11) is 0. The van der Waals surface area contributed by atoms with Gasteiger partial charge in [-0.3, -0.25) is 19.1 Å². The predicted octanol–water partition coefficient (Wildman–Crippen LogP) is 5.59. The van der Waals surface area contributed by atoms with Crippen molar-refractivity contribution in [1.29, 1.82) is 0 Å². The zero-order valence-corrected chi connectivity index (χ0v) is 25.1. The van der Waals surface area contributed by atoms with Crippen LogP contribution in [0, 0.1) is 20.8 Å². The lowest BCUT2D eigenvalue weighted by molar-refractivity contribution is -0.118. The molecule has 0 bridgehead atoms. The highest BCUT2D eigenvalue weighted by molar-refractivity contribution is 7.15. The van der Waals surface area contributed by atoms with Crippen molar-refractivity contribution in [3.63, 3.8) is 0 Å². The van der Waals surface area contributed by atoms with E-state index in [1.807, 2.05) is 88.8 Å². The van der Waals surface area contributed by atoms with Gasteiger partial charge in [-0.2, -0.15) is 0 Å². The molecule has 6 aromatic rings. The second-order valence-electron chi connectivity index (χ2n) is 10.8. The first-order valence-electron chi connectivity index (χ1n) is 14.1. The summed E-state index contributed by atoms with van der Waals surface area (Å²) in [4.78, 5) is 35.7. The highest BCUT2D eigenvalue weighted by Crippen LogP contribution is 2.39. The minimum absolute atomic E-state index is 0.0279. The number of hydrogen-bond donors (Lipinski definition) is 2. The summed E-state index contributed by atoms with van der Waals surface area (Å²) < 4.78 is 3.82. The number of carbonyl (C=O) groups excluding carboxylic acids is 2. The SMILES string of the molecule is Cc1sc2c(c1C)C(c1ccc(-c3cccc(NC(=O)c4cn5ccccc5n4)c3)cc1)=N[C@@H](CC(N)=O)c1nnc(C)n1-2. The molecule has 44 heavy (non-hydrogen) atoms. The lowest BCUT2D eigenvalue weighted by atomic mass is 9.97. The van der Waals surface area contributed by atoms with Crippen LogP contribution >= 0.6 is 11.3 Å². The van der Waals surface area contributed by atoms with Crippen molar-refractivity contribution in [2.24, 2.45) is 10.7 Å². The number of benzene rings is 2. The average Bonchev–Trinajstić information content (AvgIpc) is 3.68. The molecule has 4 aromatic heterocycles. The Morgan fingerprint density at radius 1 is 0.955 bits per heavy atom. The van der Waals surface area contributed by atoms with E-state index >= 15 is 0 Å². The number of hydrogen-bond acceptors (Lipinski definition) is 7. The van der Waals surface area contributed by atoms with Crippen LogP contribution in [0.15, 0.2) is 84.1 Å². The molecule has 0 radical (unpaired) electrons. The average molecular weight is 601 g/mol. The Balaban J connectivity index is 1.21. The molecule has 7 rings (SSSR count). The molecule has 11 heteroatoms. The molecule has 2 aromatic carbocycles. The fraction of sp³-hybridized carbons (Fsp3) is 0.152. The lowest BCUT2D eigenvalue weighted by Gasteiger charge is -2.12. The number of imidazole rings is 1. The summed E-state index contributed by atoms with van der Waals surface area (Å²) in [5.41, 5.74) is 13.1. The standard InChI is InChI=1S/C33H28N8O2S/c1-18-19(2)44-33-29(18)30(37-25(16-27(34)42)31-39-38-20(3)41(31)33)22-12-10-21(11-13-22)23-7-6-8-24(15-23)35-32(43)26-17-40-14-5-4-9-28(40)36-26/h4-15,17,25H,16H2,1-3H3,(H2,34,42)(H,35,43)/t25-/m0/s1. The number of aryl methyl sites for hydroxylation is 2. The Kier molecular flexibility index (Phi) is 6.66. The minimum atomic E-state index is -0.559. The third kappa shape index (κ3) is 4.77. The number of rotatable bonds is 6. The summed E-state index contributed by atoms with van der Waals surface area (Å²) in [6.45, 7) is 6.09. The summed E-state index contributed by atoms with van der Waals surface area (Å²) in [5.74, 6) is 0.613. The molecule has 3 N–H and O–H groups in total. The summed E-state index contributed by atoms with van der Waals surface area (Å²) in [6.07, 6.45) is 3.60. The number of amides is 2. The molecule has 218 valence electrons. The monoisotopic (exact) mass is 600 g/mol. The highest BCUT2D eigenvalue weighted by atomic mass is 32.1. The van der Waals surface area contributed by atoms with Crippen LogP contribution in [0.25, 0.3) is 21.8 Å². The number of thiophene rings is 1. The largest absolute Gasteiger partial charge is 0.370 e. The quantitative estimate of drug-likeness (QED) is 0.257. The van der Waals surface area contributed by atoms with E-state index in [1.165, 1.54) is 4.88 Å². The zero-order chi connectivity index (χ0) is 30.5. The van der Waals surface area contributed by atoms with Crippen LogP contribution in [0.5, 0.6) is 0 Å². The number of aliphatic imine (C=N–C) groups is 1. The lowest BCUT2D eigenvalue weighted by Crippen LogP contribution is -2.17. The fourth-order valence-electron chi connectivity index (χ4n) is 5.55. The topological polar surface area (TPSA) is 133 Å². The first-order valence-corrected chi connectivity index (χ1v) is 14.9. The molecule has 1 aliphatic rings. The molecule has 1 aliphatic heterocycles. The van der Waals surface area contributed by atoms with Gasteiger partial charge in [-0.25, -0.2) is 4.98 Å². The maximum Gasteiger partial charge on any atom is 0.275 e. The molecule has 5 heterocycles. The van der Waals surface area contributed by atoms with Gasteiger partial charge in [-0.15, -0.1) is 21.5 Å². The molecule has 0 aliphatic carbocycles. The molecule has 0 saturated heterocycles. The number of primary amides is 1. The molecular weight excluding hydrogens is 572 g/mol. The third-order valence-corrected chi connectivity index (χ3v) is 9.04. The maximum atomic E-state index is 12.9. The van der Waals surface area contributed by atoms with E-state index in [1.54, 1.807) is 17.5 Å². The number of nitrogens with two attached hydrogens (primary N) is 1. The number of nitrogens with zero attached hydrogens (tertiary/aromatic N) is 6. The molecule has 0 saturated carbocycles. The van der Waals surface area contributed by atoms with Gasteiger partial charge in [0.2, 0.25) is 5.91 Å². The number of carbonyl (C=O) groups is 2. The van der Waals surface area contributed by atoms with Gasteiger partial charge in [0, 0.05) is 34.1 Å². The fourth-order valence-corrected chi connectivity index (χ4v) is 6.77. The Labute approximate surface area is 256 Å². The summed E-state index contributed by atoms with van der Waals surface area (Å²) in [5, 5.41) is 12.7. The van der Waals surface area contributed by atoms with Crippen molar-refractivity contribution in [3.05, 3.63) is 118 Å². The van der Waals surface area contributed by atoms with Crippen molar-refractivity contribution >= 4 is 40.2 Å². The van der Waals surface area contributed by atoms with Crippen LogP contribution in [0.3, 0.4) is 0 Å². The first-order chi connectivity index (χ1) is 21.3. The van der Waals surface area contributed by atoms with Crippen LogP contribution in [0.1, 0.15) is 56.2 Å². The van der Waals surface area contributed by atoms with Gasteiger partial charge < -0.3 is 15.5 Å². The maximum absolute atomic E-state index is 12.9. The van der Waals surface area contributed by atoms with E-state index in [0.717, 1.165) is 44.4 Å². The van der Waals surface area contributed by atoms with Crippen molar-refractivity contribution in [2.75, 3.05) is 5.32 Å². The van der Waals surface area contributed by atoms with Crippen molar-refractivity contribution < 1.29 is 9.59 Å². The highest BCUT2D eigenvalue weighted by Gasteiger charge is 2.32. The number of anilines is 1. The second-order valence-corrected chi connectivity index (χ2v) is 12.0. The normalized spacial score (nSPS) is 14.1. The van der Waals surface area contributed by atoms with E-state index in [0.29, 0.717) is 22.9 Å². The van der Waals surface area contributed by atoms with E-state index in [2.05, 4.69) is 34.3 Å². The molecule has 0 fully saturated rings. The predicted molar refractivity (Wildman–Crippen MR) is 171 cm³/mol. The zero-order valence-electron chi connectivity index (χ0n) is 24.3. The van der Waals surface area contributed by atoms with Crippen molar-refractivity contribution in [3.8, 4) is 16.1 Å². The molecule has 0 unspecified atom stereocenters. The number of aromatic nitrogens is 5.